The minimum Gasteiger partial charge on any atom is -0.369 e. The van der Waals surface area contributed by atoms with Crippen molar-refractivity contribution in [2.45, 2.75) is 33.1 Å². The number of urea groups is 1. The van der Waals surface area contributed by atoms with Gasteiger partial charge in [-0.1, -0.05) is 6.92 Å². The van der Waals surface area contributed by atoms with Crippen LogP contribution in [0, 0.1) is 6.92 Å². The maximum Gasteiger partial charge on any atom is 0.324 e. The topological polar surface area (TPSA) is 90.0 Å². The van der Waals surface area contributed by atoms with Gasteiger partial charge < -0.3 is 9.80 Å². The molecule has 2 aromatic rings. The van der Waals surface area contributed by atoms with E-state index in [1.54, 1.807) is 0 Å². The summed E-state index contributed by atoms with van der Waals surface area (Å²) in [5.41, 5.74) is 2.35. The summed E-state index contributed by atoms with van der Waals surface area (Å²) >= 11 is 0. The van der Waals surface area contributed by atoms with Crippen molar-refractivity contribution in [3.8, 4) is 0 Å². The minimum absolute atomic E-state index is 0.143. The van der Waals surface area contributed by atoms with E-state index in [9.17, 15) is 4.79 Å². The fourth-order valence-corrected chi connectivity index (χ4v) is 3.06. The average molecular weight is 343 g/mol. The summed E-state index contributed by atoms with van der Waals surface area (Å²) in [6.45, 7) is 7.25. The molecule has 0 atom stereocenters. The predicted octanol–water partition coefficient (Wildman–Crippen LogP) is 2.20. The number of aromatic nitrogens is 4. The molecule has 1 saturated heterocycles. The second kappa shape index (κ2) is 7.96. The van der Waals surface area contributed by atoms with Crippen molar-refractivity contribution in [3.05, 3.63) is 29.8 Å². The molecule has 25 heavy (non-hydrogen) atoms. The molecule has 1 aliphatic heterocycles. The van der Waals surface area contributed by atoms with Crippen LogP contribution in [0.4, 0.5) is 16.4 Å². The summed E-state index contributed by atoms with van der Waals surface area (Å²) in [5.74, 6) is 1.15. The summed E-state index contributed by atoms with van der Waals surface area (Å²) < 4.78 is 0. The first-order valence-electron chi connectivity index (χ1n) is 8.80. The normalized spacial score (nSPS) is 15.1. The summed E-state index contributed by atoms with van der Waals surface area (Å²) in [7, 11) is 0. The van der Waals surface area contributed by atoms with Crippen LogP contribution in [0.1, 0.15) is 31.2 Å². The van der Waals surface area contributed by atoms with Crippen LogP contribution in [0.3, 0.4) is 0 Å². The third-order valence-corrected chi connectivity index (χ3v) is 4.35. The summed E-state index contributed by atoms with van der Waals surface area (Å²) in [6.07, 6.45) is 6.42. The highest BCUT2D eigenvalue weighted by Crippen LogP contribution is 2.20. The van der Waals surface area contributed by atoms with Crippen LogP contribution < -0.4 is 10.2 Å². The van der Waals surface area contributed by atoms with E-state index in [4.69, 9.17) is 0 Å². The summed E-state index contributed by atoms with van der Waals surface area (Å²) in [6, 6.07) is 1.89. The van der Waals surface area contributed by atoms with Gasteiger partial charge in [0.05, 0.1) is 0 Å². The van der Waals surface area contributed by atoms with Crippen LogP contribution >= 0.6 is 0 Å². The Labute approximate surface area is 147 Å². The largest absolute Gasteiger partial charge is 0.369 e. The molecule has 2 amide bonds. The zero-order chi connectivity index (χ0) is 17.6. The maximum atomic E-state index is 12.5. The Morgan fingerprint density at radius 2 is 2.20 bits per heavy atom. The summed E-state index contributed by atoms with van der Waals surface area (Å²) in [5, 5.41) is 9.70. The van der Waals surface area contributed by atoms with Crippen LogP contribution in [-0.4, -0.2) is 57.3 Å². The van der Waals surface area contributed by atoms with Crippen molar-refractivity contribution in [2.75, 3.05) is 36.4 Å². The second-order valence-electron chi connectivity index (χ2n) is 6.28. The molecule has 1 fully saturated rings. The molecule has 8 nitrogen and oxygen atoms in total. The van der Waals surface area contributed by atoms with E-state index in [1.165, 1.54) is 5.69 Å². The van der Waals surface area contributed by atoms with Crippen LogP contribution in [0.2, 0.25) is 0 Å². The molecule has 3 rings (SSSR count). The number of rotatable bonds is 4. The highest BCUT2D eigenvalue weighted by Gasteiger charge is 2.21. The van der Waals surface area contributed by atoms with Gasteiger partial charge >= 0.3 is 6.03 Å². The second-order valence-corrected chi connectivity index (χ2v) is 6.28. The molecule has 134 valence electrons. The van der Waals surface area contributed by atoms with Crippen LogP contribution in [0.5, 0.6) is 0 Å². The predicted molar refractivity (Wildman–Crippen MR) is 96.8 cm³/mol. The molecule has 0 bridgehead atoms. The van der Waals surface area contributed by atoms with Crippen LogP contribution in [0.15, 0.2) is 18.5 Å². The molecule has 0 spiro atoms. The monoisotopic (exact) mass is 343 g/mol. The van der Waals surface area contributed by atoms with E-state index >= 15 is 0 Å². The number of nitrogens with zero attached hydrogens (tertiary/aromatic N) is 5. The first-order chi connectivity index (χ1) is 12.2. The van der Waals surface area contributed by atoms with E-state index in [-0.39, 0.29) is 6.03 Å². The number of nitrogens with one attached hydrogen (secondary N) is 2. The number of aromatic amines is 1. The molecule has 3 heterocycles. The van der Waals surface area contributed by atoms with Gasteiger partial charge in [-0.25, -0.2) is 4.79 Å². The van der Waals surface area contributed by atoms with E-state index in [0.717, 1.165) is 50.3 Å². The van der Waals surface area contributed by atoms with Crippen LogP contribution in [0.25, 0.3) is 0 Å². The molecule has 0 aliphatic carbocycles. The van der Waals surface area contributed by atoms with Gasteiger partial charge in [0, 0.05) is 50.7 Å². The number of aryl methyl sites for hydroxylation is 2. The van der Waals surface area contributed by atoms with Crippen molar-refractivity contribution < 1.29 is 4.79 Å². The number of carbonyl (C=O) groups excluding carboxylic acids is 1. The number of pyridine rings is 1. The third-order valence-electron chi connectivity index (χ3n) is 4.35. The fourth-order valence-electron chi connectivity index (χ4n) is 3.06. The van der Waals surface area contributed by atoms with Gasteiger partial charge in [-0.05, 0) is 31.4 Å². The van der Waals surface area contributed by atoms with Crippen LogP contribution in [-0.2, 0) is 6.42 Å². The number of hydrogen-bond donors (Lipinski definition) is 2. The molecule has 1 aliphatic rings. The lowest BCUT2D eigenvalue weighted by atomic mass is 10.2. The van der Waals surface area contributed by atoms with E-state index < -0.39 is 0 Å². The Kier molecular flexibility index (Phi) is 5.47. The zero-order valence-electron chi connectivity index (χ0n) is 14.8. The van der Waals surface area contributed by atoms with Crippen molar-refractivity contribution >= 4 is 17.7 Å². The minimum atomic E-state index is -0.143. The Morgan fingerprint density at radius 1 is 1.32 bits per heavy atom. The Hall–Kier alpha value is -2.64. The standard InChI is InChI=1S/C17H25N7O/c1-3-5-15-19-16(22-21-15)20-17(25)24-9-4-8-23(10-11-24)14-6-7-18-12-13(14)2/h6-7,12H,3-5,8-11H2,1-2H3,(H2,19,20,21,22,25). The van der Waals surface area contributed by atoms with Crippen molar-refractivity contribution in [2.24, 2.45) is 0 Å². The smallest absolute Gasteiger partial charge is 0.324 e. The number of hydrogen-bond acceptors (Lipinski definition) is 5. The van der Waals surface area contributed by atoms with Crippen molar-refractivity contribution in [3.63, 3.8) is 0 Å². The number of carbonyl (C=O) groups is 1. The SMILES string of the molecule is CCCc1nc(NC(=O)N2CCCN(c3ccncc3C)CC2)n[nH]1. The van der Waals surface area contributed by atoms with E-state index in [0.29, 0.717) is 12.5 Å². The molecule has 0 radical (unpaired) electrons. The quantitative estimate of drug-likeness (QED) is 0.888. The lowest BCUT2D eigenvalue weighted by Gasteiger charge is -2.24. The fraction of sp³-hybridized carbons (Fsp3) is 0.529. The number of anilines is 2. The van der Waals surface area contributed by atoms with Gasteiger partial charge in [0.1, 0.15) is 5.82 Å². The molecule has 2 aromatic heterocycles. The third kappa shape index (κ3) is 4.26. The van der Waals surface area contributed by atoms with E-state index in [1.807, 2.05) is 23.4 Å². The van der Waals surface area contributed by atoms with E-state index in [2.05, 4.69) is 44.2 Å². The van der Waals surface area contributed by atoms with Gasteiger partial charge in [-0.15, -0.1) is 5.10 Å². The van der Waals surface area contributed by atoms with Gasteiger partial charge in [-0.3, -0.25) is 15.4 Å². The Balaban J connectivity index is 1.58. The van der Waals surface area contributed by atoms with Gasteiger partial charge in [0.2, 0.25) is 5.95 Å². The first kappa shape index (κ1) is 17.2. The molecule has 0 saturated carbocycles. The number of amides is 2. The average Bonchev–Trinajstić information content (AvgIpc) is 2.90. The molecule has 0 aromatic carbocycles. The van der Waals surface area contributed by atoms with Crippen molar-refractivity contribution in [1.29, 1.82) is 0 Å². The van der Waals surface area contributed by atoms with Gasteiger partial charge in [-0.2, -0.15) is 4.98 Å². The molecular weight excluding hydrogens is 318 g/mol. The highest BCUT2D eigenvalue weighted by atomic mass is 16.2. The lowest BCUT2D eigenvalue weighted by molar-refractivity contribution is 0.215. The number of H-pyrrole nitrogens is 1. The molecule has 2 N–H and O–H groups in total. The van der Waals surface area contributed by atoms with Crippen molar-refractivity contribution in [1.82, 2.24) is 25.1 Å². The maximum absolute atomic E-state index is 12.5. The Morgan fingerprint density at radius 3 is 3.00 bits per heavy atom. The van der Waals surface area contributed by atoms with Gasteiger partial charge in [0.15, 0.2) is 0 Å². The van der Waals surface area contributed by atoms with Gasteiger partial charge in [0.25, 0.3) is 0 Å². The highest BCUT2D eigenvalue weighted by molar-refractivity contribution is 5.87. The Bertz CT molecular complexity index is 715. The summed E-state index contributed by atoms with van der Waals surface area (Å²) in [4.78, 5) is 25.1. The molecule has 8 heteroatoms. The molecule has 0 unspecified atom stereocenters. The zero-order valence-corrected chi connectivity index (χ0v) is 14.8. The molecular formula is C17H25N7O. The first-order valence-corrected chi connectivity index (χ1v) is 8.80. The lowest BCUT2D eigenvalue weighted by Crippen LogP contribution is -2.38.